The van der Waals surface area contributed by atoms with Crippen LogP contribution >= 0.6 is 0 Å². The summed E-state index contributed by atoms with van der Waals surface area (Å²) in [6, 6.07) is 10.2. The standard InChI is InChI=1S/C16H24N2/c1-12-7-13(2)18(10-12)11-16-8-14-5-3-4-6-15(14)9-17-16/h3-6,12-13,16-17H,7-11H2,1-2H3. The summed E-state index contributed by atoms with van der Waals surface area (Å²) >= 11 is 0. The molecule has 2 heteroatoms. The molecule has 0 amide bonds. The lowest BCUT2D eigenvalue weighted by Crippen LogP contribution is -2.45. The molecule has 2 heterocycles. The lowest BCUT2D eigenvalue weighted by atomic mass is 9.95. The molecule has 0 aliphatic carbocycles. The molecule has 98 valence electrons. The topological polar surface area (TPSA) is 15.3 Å². The molecular formula is C16H24N2. The molecule has 1 aromatic carbocycles. The van der Waals surface area contributed by atoms with Crippen LogP contribution in [0.4, 0.5) is 0 Å². The Morgan fingerprint density at radius 1 is 1.22 bits per heavy atom. The zero-order chi connectivity index (χ0) is 12.5. The number of rotatable bonds is 2. The van der Waals surface area contributed by atoms with Crippen LogP contribution in [-0.2, 0) is 13.0 Å². The van der Waals surface area contributed by atoms with Crippen molar-refractivity contribution in [3.8, 4) is 0 Å². The van der Waals surface area contributed by atoms with E-state index in [0.717, 1.165) is 18.5 Å². The summed E-state index contributed by atoms with van der Waals surface area (Å²) in [5.74, 6) is 0.871. The molecular weight excluding hydrogens is 220 g/mol. The van der Waals surface area contributed by atoms with Crippen LogP contribution in [0.2, 0.25) is 0 Å². The molecule has 3 unspecified atom stereocenters. The summed E-state index contributed by atoms with van der Waals surface area (Å²) in [5, 5.41) is 3.70. The van der Waals surface area contributed by atoms with E-state index in [1.54, 1.807) is 5.56 Å². The fourth-order valence-electron chi connectivity index (χ4n) is 3.57. The Labute approximate surface area is 110 Å². The molecule has 0 saturated carbocycles. The molecule has 1 fully saturated rings. The van der Waals surface area contributed by atoms with Gasteiger partial charge in [0.25, 0.3) is 0 Å². The average Bonchev–Trinajstić information content (AvgIpc) is 2.68. The smallest absolute Gasteiger partial charge is 0.0238 e. The van der Waals surface area contributed by atoms with Crippen molar-refractivity contribution in [2.45, 2.75) is 45.3 Å². The lowest BCUT2D eigenvalue weighted by Gasteiger charge is -2.31. The van der Waals surface area contributed by atoms with Gasteiger partial charge in [0.15, 0.2) is 0 Å². The Morgan fingerprint density at radius 3 is 2.72 bits per heavy atom. The van der Waals surface area contributed by atoms with Gasteiger partial charge in [0, 0.05) is 31.7 Å². The minimum atomic E-state index is 0.632. The van der Waals surface area contributed by atoms with Crippen molar-refractivity contribution in [1.82, 2.24) is 10.2 Å². The van der Waals surface area contributed by atoms with Crippen molar-refractivity contribution in [3.05, 3.63) is 35.4 Å². The fourth-order valence-corrected chi connectivity index (χ4v) is 3.57. The summed E-state index contributed by atoms with van der Waals surface area (Å²) in [5.41, 5.74) is 3.03. The predicted octanol–water partition coefficient (Wildman–Crippen LogP) is 2.43. The minimum absolute atomic E-state index is 0.632. The third-order valence-electron chi connectivity index (χ3n) is 4.53. The highest BCUT2D eigenvalue weighted by Crippen LogP contribution is 2.24. The number of hydrogen-bond donors (Lipinski definition) is 1. The van der Waals surface area contributed by atoms with Crippen molar-refractivity contribution in [1.29, 1.82) is 0 Å². The van der Waals surface area contributed by atoms with Crippen LogP contribution in [0.5, 0.6) is 0 Å². The van der Waals surface area contributed by atoms with Crippen LogP contribution in [-0.4, -0.2) is 30.1 Å². The van der Waals surface area contributed by atoms with E-state index in [9.17, 15) is 0 Å². The van der Waals surface area contributed by atoms with Gasteiger partial charge in [-0.25, -0.2) is 0 Å². The van der Waals surface area contributed by atoms with E-state index in [0.29, 0.717) is 6.04 Å². The molecule has 2 aliphatic heterocycles. The second-order valence-corrected chi connectivity index (χ2v) is 6.19. The number of nitrogens with one attached hydrogen (secondary N) is 1. The molecule has 1 aromatic rings. The average molecular weight is 244 g/mol. The quantitative estimate of drug-likeness (QED) is 0.859. The second kappa shape index (κ2) is 5.02. The van der Waals surface area contributed by atoms with Gasteiger partial charge in [-0.15, -0.1) is 0 Å². The summed E-state index contributed by atoms with van der Waals surface area (Å²) in [4.78, 5) is 2.66. The molecule has 2 aliphatic rings. The van der Waals surface area contributed by atoms with E-state index in [1.165, 1.54) is 31.5 Å². The van der Waals surface area contributed by atoms with Gasteiger partial charge in [0.05, 0.1) is 0 Å². The summed E-state index contributed by atoms with van der Waals surface area (Å²) in [7, 11) is 0. The van der Waals surface area contributed by atoms with E-state index in [2.05, 4.69) is 48.3 Å². The summed E-state index contributed by atoms with van der Waals surface area (Å²) in [6.45, 7) is 8.28. The van der Waals surface area contributed by atoms with Gasteiger partial charge in [-0.1, -0.05) is 31.2 Å². The number of nitrogens with zero attached hydrogens (tertiary/aromatic N) is 1. The molecule has 3 rings (SSSR count). The Hall–Kier alpha value is -0.860. The van der Waals surface area contributed by atoms with Gasteiger partial charge in [0.1, 0.15) is 0 Å². The first-order valence-electron chi connectivity index (χ1n) is 7.26. The molecule has 1 saturated heterocycles. The number of likely N-dealkylation sites (tertiary alicyclic amines) is 1. The highest BCUT2D eigenvalue weighted by atomic mass is 15.2. The molecule has 0 bridgehead atoms. The first-order valence-corrected chi connectivity index (χ1v) is 7.26. The van der Waals surface area contributed by atoms with E-state index < -0.39 is 0 Å². The Morgan fingerprint density at radius 2 is 2.00 bits per heavy atom. The maximum absolute atomic E-state index is 3.70. The van der Waals surface area contributed by atoms with Gasteiger partial charge in [0.2, 0.25) is 0 Å². The molecule has 3 atom stereocenters. The van der Waals surface area contributed by atoms with E-state index >= 15 is 0 Å². The van der Waals surface area contributed by atoms with Crippen LogP contribution in [0.3, 0.4) is 0 Å². The van der Waals surface area contributed by atoms with E-state index in [4.69, 9.17) is 0 Å². The number of hydrogen-bond acceptors (Lipinski definition) is 2. The molecule has 18 heavy (non-hydrogen) atoms. The Kier molecular flexibility index (Phi) is 3.40. The first kappa shape index (κ1) is 12.2. The van der Waals surface area contributed by atoms with Crippen LogP contribution in [0, 0.1) is 5.92 Å². The fraction of sp³-hybridized carbons (Fsp3) is 0.625. The predicted molar refractivity (Wildman–Crippen MR) is 75.6 cm³/mol. The Balaban J connectivity index is 1.63. The highest BCUT2D eigenvalue weighted by molar-refractivity contribution is 5.30. The minimum Gasteiger partial charge on any atom is -0.308 e. The van der Waals surface area contributed by atoms with Gasteiger partial charge in [-0.05, 0) is 36.8 Å². The van der Waals surface area contributed by atoms with Crippen molar-refractivity contribution in [2.24, 2.45) is 5.92 Å². The number of fused-ring (bicyclic) bond motifs is 1. The molecule has 2 nitrogen and oxygen atoms in total. The van der Waals surface area contributed by atoms with E-state index in [1.807, 2.05) is 0 Å². The van der Waals surface area contributed by atoms with Gasteiger partial charge < -0.3 is 5.32 Å². The van der Waals surface area contributed by atoms with Crippen LogP contribution < -0.4 is 5.32 Å². The van der Waals surface area contributed by atoms with Crippen LogP contribution in [0.1, 0.15) is 31.4 Å². The maximum Gasteiger partial charge on any atom is 0.0238 e. The largest absolute Gasteiger partial charge is 0.308 e. The van der Waals surface area contributed by atoms with Gasteiger partial charge in [-0.3, -0.25) is 4.90 Å². The molecule has 0 spiro atoms. The van der Waals surface area contributed by atoms with E-state index in [-0.39, 0.29) is 0 Å². The first-order chi connectivity index (χ1) is 8.72. The number of benzene rings is 1. The van der Waals surface area contributed by atoms with Crippen LogP contribution in [0.25, 0.3) is 0 Å². The third kappa shape index (κ3) is 2.45. The van der Waals surface area contributed by atoms with Crippen LogP contribution in [0.15, 0.2) is 24.3 Å². The monoisotopic (exact) mass is 244 g/mol. The Bertz CT molecular complexity index is 415. The second-order valence-electron chi connectivity index (χ2n) is 6.19. The van der Waals surface area contributed by atoms with Crippen molar-refractivity contribution < 1.29 is 0 Å². The molecule has 0 radical (unpaired) electrons. The third-order valence-corrected chi connectivity index (χ3v) is 4.53. The zero-order valence-corrected chi connectivity index (χ0v) is 11.5. The lowest BCUT2D eigenvalue weighted by molar-refractivity contribution is 0.228. The molecule has 1 N–H and O–H groups in total. The van der Waals surface area contributed by atoms with Crippen molar-refractivity contribution in [3.63, 3.8) is 0 Å². The van der Waals surface area contributed by atoms with Gasteiger partial charge >= 0.3 is 0 Å². The SMILES string of the molecule is CC1CC(C)N(CC2Cc3ccccc3CN2)C1. The van der Waals surface area contributed by atoms with Crippen molar-refractivity contribution in [2.75, 3.05) is 13.1 Å². The highest BCUT2D eigenvalue weighted by Gasteiger charge is 2.29. The molecule has 0 aromatic heterocycles. The summed E-state index contributed by atoms with van der Waals surface area (Å²) < 4.78 is 0. The maximum atomic E-state index is 3.70. The zero-order valence-electron chi connectivity index (χ0n) is 11.5. The van der Waals surface area contributed by atoms with Crippen molar-refractivity contribution >= 4 is 0 Å². The van der Waals surface area contributed by atoms with Gasteiger partial charge in [-0.2, -0.15) is 0 Å². The summed E-state index contributed by atoms with van der Waals surface area (Å²) in [6.07, 6.45) is 2.55. The normalized spacial score (nSPS) is 32.4.